The van der Waals surface area contributed by atoms with Gasteiger partial charge in [-0.3, -0.25) is 24.3 Å². The Morgan fingerprint density at radius 2 is 1.80 bits per heavy atom. The van der Waals surface area contributed by atoms with Crippen molar-refractivity contribution >= 4 is 17.7 Å². The standard InChI is InChI=1S/C13H14N4O3/c1-8-4-15-10(5-14-8)13(20)16-6-9(7-16)17-11(18)2-3-12(17)19/h4-5,9H,2-3,6-7H2,1H3. The highest BCUT2D eigenvalue weighted by molar-refractivity contribution is 6.02. The first-order valence-electron chi connectivity index (χ1n) is 6.49. The lowest BCUT2D eigenvalue weighted by Crippen LogP contribution is -2.62. The summed E-state index contributed by atoms with van der Waals surface area (Å²) in [6.45, 7) is 2.56. The second-order valence-electron chi connectivity index (χ2n) is 5.06. The van der Waals surface area contributed by atoms with Crippen LogP contribution in [0.15, 0.2) is 12.4 Å². The Balaban J connectivity index is 1.63. The molecule has 2 aliphatic heterocycles. The van der Waals surface area contributed by atoms with E-state index in [1.165, 1.54) is 17.3 Å². The van der Waals surface area contributed by atoms with Crippen LogP contribution in [0, 0.1) is 6.92 Å². The van der Waals surface area contributed by atoms with Gasteiger partial charge >= 0.3 is 0 Å². The molecule has 3 amide bonds. The maximum absolute atomic E-state index is 12.1. The Morgan fingerprint density at radius 3 is 2.35 bits per heavy atom. The van der Waals surface area contributed by atoms with E-state index < -0.39 is 0 Å². The van der Waals surface area contributed by atoms with E-state index in [9.17, 15) is 14.4 Å². The number of likely N-dealkylation sites (tertiary alicyclic amines) is 2. The number of rotatable bonds is 2. The van der Waals surface area contributed by atoms with Gasteiger partial charge in [-0.05, 0) is 6.92 Å². The zero-order valence-corrected chi connectivity index (χ0v) is 11.1. The Bertz CT molecular complexity index is 562. The van der Waals surface area contributed by atoms with Crippen molar-refractivity contribution in [1.29, 1.82) is 0 Å². The normalized spacial score (nSPS) is 19.4. The third-order valence-electron chi connectivity index (χ3n) is 3.60. The zero-order valence-electron chi connectivity index (χ0n) is 11.1. The highest BCUT2D eigenvalue weighted by atomic mass is 16.2. The molecule has 20 heavy (non-hydrogen) atoms. The summed E-state index contributed by atoms with van der Waals surface area (Å²) in [5, 5.41) is 0. The minimum Gasteiger partial charge on any atom is -0.333 e. The molecule has 0 radical (unpaired) electrons. The highest BCUT2D eigenvalue weighted by Gasteiger charge is 2.43. The van der Waals surface area contributed by atoms with Gasteiger partial charge in [0.15, 0.2) is 0 Å². The summed E-state index contributed by atoms with van der Waals surface area (Å²) in [6.07, 6.45) is 3.55. The molecule has 0 unspecified atom stereocenters. The number of carbonyl (C=O) groups excluding carboxylic acids is 3. The minimum absolute atomic E-state index is 0.137. The second-order valence-corrected chi connectivity index (χ2v) is 5.06. The molecule has 0 saturated carbocycles. The number of hydrogen-bond acceptors (Lipinski definition) is 5. The quantitative estimate of drug-likeness (QED) is 0.695. The van der Waals surface area contributed by atoms with Gasteiger partial charge in [0.05, 0.1) is 17.9 Å². The lowest BCUT2D eigenvalue weighted by Gasteiger charge is -2.42. The fraction of sp³-hybridized carbons (Fsp3) is 0.462. The summed E-state index contributed by atoms with van der Waals surface area (Å²) in [5.41, 5.74) is 1.03. The number of aromatic nitrogens is 2. The second kappa shape index (κ2) is 4.66. The number of aryl methyl sites for hydroxylation is 1. The molecule has 0 aliphatic carbocycles. The zero-order chi connectivity index (χ0) is 14.3. The van der Waals surface area contributed by atoms with Crippen LogP contribution in [0.4, 0.5) is 0 Å². The van der Waals surface area contributed by atoms with Crippen LogP contribution in [0.5, 0.6) is 0 Å². The van der Waals surface area contributed by atoms with Gasteiger partial charge in [0, 0.05) is 32.1 Å². The van der Waals surface area contributed by atoms with Gasteiger partial charge in [-0.15, -0.1) is 0 Å². The fourth-order valence-corrected chi connectivity index (χ4v) is 2.45. The van der Waals surface area contributed by atoms with Gasteiger partial charge in [-0.1, -0.05) is 0 Å². The molecule has 104 valence electrons. The predicted molar refractivity (Wildman–Crippen MR) is 67.5 cm³/mol. The van der Waals surface area contributed by atoms with E-state index in [1.807, 2.05) is 0 Å². The van der Waals surface area contributed by atoms with Crippen molar-refractivity contribution in [3.05, 3.63) is 23.8 Å². The Labute approximate surface area is 115 Å². The maximum Gasteiger partial charge on any atom is 0.274 e. The maximum atomic E-state index is 12.1. The number of imide groups is 1. The van der Waals surface area contributed by atoms with Crippen molar-refractivity contribution in [2.45, 2.75) is 25.8 Å². The molecule has 0 spiro atoms. The van der Waals surface area contributed by atoms with Gasteiger partial charge in [0.2, 0.25) is 11.8 Å². The van der Waals surface area contributed by atoms with Crippen molar-refractivity contribution in [3.8, 4) is 0 Å². The average Bonchev–Trinajstić information content (AvgIpc) is 2.70. The lowest BCUT2D eigenvalue weighted by molar-refractivity contribution is -0.144. The minimum atomic E-state index is -0.215. The van der Waals surface area contributed by atoms with Crippen LogP contribution in [0.3, 0.4) is 0 Å². The molecule has 2 saturated heterocycles. The van der Waals surface area contributed by atoms with Gasteiger partial charge in [0.25, 0.3) is 5.91 Å². The van der Waals surface area contributed by atoms with Gasteiger partial charge < -0.3 is 4.90 Å². The molecule has 7 heteroatoms. The van der Waals surface area contributed by atoms with E-state index in [0.29, 0.717) is 13.1 Å². The highest BCUT2D eigenvalue weighted by Crippen LogP contribution is 2.23. The fourth-order valence-electron chi connectivity index (χ4n) is 2.45. The van der Waals surface area contributed by atoms with Crippen molar-refractivity contribution in [2.24, 2.45) is 0 Å². The van der Waals surface area contributed by atoms with E-state index in [4.69, 9.17) is 0 Å². The Kier molecular flexibility index (Phi) is 2.96. The summed E-state index contributed by atoms with van der Waals surface area (Å²) in [4.78, 5) is 46.2. The largest absolute Gasteiger partial charge is 0.333 e. The molecular weight excluding hydrogens is 260 g/mol. The van der Waals surface area contributed by atoms with Gasteiger partial charge in [-0.2, -0.15) is 0 Å². The van der Waals surface area contributed by atoms with E-state index in [1.54, 1.807) is 11.8 Å². The lowest BCUT2D eigenvalue weighted by atomic mass is 10.1. The molecule has 3 heterocycles. The molecule has 2 fully saturated rings. The van der Waals surface area contributed by atoms with Crippen molar-refractivity contribution < 1.29 is 14.4 Å². The molecule has 0 atom stereocenters. The summed E-state index contributed by atoms with van der Waals surface area (Å²) in [6, 6.07) is -0.181. The van der Waals surface area contributed by atoms with E-state index >= 15 is 0 Å². The smallest absolute Gasteiger partial charge is 0.274 e. The van der Waals surface area contributed by atoms with Crippen LogP contribution in [0.1, 0.15) is 29.0 Å². The molecule has 0 aromatic carbocycles. The van der Waals surface area contributed by atoms with Crippen LogP contribution in [0.2, 0.25) is 0 Å². The van der Waals surface area contributed by atoms with Crippen molar-refractivity contribution in [2.75, 3.05) is 13.1 Å². The number of carbonyl (C=O) groups is 3. The number of amides is 3. The topological polar surface area (TPSA) is 83.5 Å². The summed E-state index contributed by atoms with van der Waals surface area (Å²) < 4.78 is 0. The first kappa shape index (κ1) is 12.7. The molecule has 7 nitrogen and oxygen atoms in total. The van der Waals surface area contributed by atoms with E-state index in [2.05, 4.69) is 9.97 Å². The Hall–Kier alpha value is -2.31. The monoisotopic (exact) mass is 274 g/mol. The first-order chi connectivity index (χ1) is 9.56. The molecule has 1 aromatic heterocycles. The molecular formula is C13H14N4O3. The molecule has 0 N–H and O–H groups in total. The average molecular weight is 274 g/mol. The molecule has 1 aromatic rings. The third-order valence-corrected chi connectivity index (χ3v) is 3.60. The van der Waals surface area contributed by atoms with Crippen molar-refractivity contribution in [3.63, 3.8) is 0 Å². The number of hydrogen-bond donors (Lipinski definition) is 0. The predicted octanol–water partition coefficient (Wildman–Crippen LogP) is -0.242. The van der Waals surface area contributed by atoms with E-state index in [0.717, 1.165) is 5.69 Å². The summed E-state index contributed by atoms with van der Waals surface area (Å²) >= 11 is 0. The third kappa shape index (κ3) is 2.04. The van der Waals surface area contributed by atoms with E-state index in [-0.39, 0.29) is 42.3 Å². The Morgan fingerprint density at radius 1 is 1.15 bits per heavy atom. The van der Waals surface area contributed by atoms with Gasteiger partial charge in [0.1, 0.15) is 5.69 Å². The SMILES string of the molecule is Cc1cnc(C(=O)N2CC(N3C(=O)CCC3=O)C2)cn1. The van der Waals surface area contributed by atoms with Crippen LogP contribution in [-0.4, -0.2) is 56.6 Å². The molecule has 0 bridgehead atoms. The first-order valence-corrected chi connectivity index (χ1v) is 6.49. The number of nitrogens with zero attached hydrogens (tertiary/aromatic N) is 4. The van der Waals surface area contributed by atoms with Gasteiger partial charge in [-0.25, -0.2) is 4.98 Å². The molecule has 2 aliphatic rings. The summed E-state index contributed by atoms with van der Waals surface area (Å²) in [5.74, 6) is -0.489. The molecule has 3 rings (SSSR count). The summed E-state index contributed by atoms with van der Waals surface area (Å²) in [7, 11) is 0. The van der Waals surface area contributed by atoms with Crippen LogP contribution < -0.4 is 0 Å². The van der Waals surface area contributed by atoms with Crippen LogP contribution in [-0.2, 0) is 9.59 Å². The van der Waals surface area contributed by atoms with Crippen molar-refractivity contribution in [1.82, 2.24) is 19.8 Å². The van der Waals surface area contributed by atoms with Crippen LogP contribution >= 0.6 is 0 Å². The van der Waals surface area contributed by atoms with Crippen LogP contribution in [0.25, 0.3) is 0 Å².